The summed E-state index contributed by atoms with van der Waals surface area (Å²) < 4.78 is 46.4. The maximum absolute atomic E-state index is 8.64. The highest BCUT2D eigenvalue weighted by molar-refractivity contribution is 6.26. The standard InChI is InChI=1S/C45H29N5/c1-4-15-30(16-5-1)32-19-14-20-33(29-32)44-46-43(31-17-6-2-7-18-31)47-45(48-44)50-38-25-12-10-23-35(38)36-27-28-40-41(42(36)50)37-24-11-13-26-39(37)49(40)34-21-8-3-9-22-34/h1-29H/i1D,4D,5D,15D,16D. The highest BCUT2D eigenvalue weighted by atomic mass is 15.2. The Balaban J connectivity index is 1.29. The number of aromatic nitrogens is 5. The molecule has 10 rings (SSSR count). The van der Waals surface area contributed by atoms with Gasteiger partial charge in [0.05, 0.1) is 28.9 Å². The van der Waals surface area contributed by atoms with Gasteiger partial charge in [-0.15, -0.1) is 0 Å². The lowest BCUT2D eigenvalue weighted by Crippen LogP contribution is -2.06. The van der Waals surface area contributed by atoms with Gasteiger partial charge in [-0.1, -0.05) is 139 Å². The molecule has 50 heavy (non-hydrogen) atoms. The van der Waals surface area contributed by atoms with Crippen molar-refractivity contribution in [2.24, 2.45) is 0 Å². The van der Waals surface area contributed by atoms with E-state index in [-0.39, 0.29) is 29.7 Å². The van der Waals surface area contributed by atoms with E-state index < -0.39 is 6.04 Å². The zero-order valence-corrected chi connectivity index (χ0v) is 26.6. The number of benzene rings is 7. The predicted octanol–water partition coefficient (Wildman–Crippen LogP) is 11.1. The van der Waals surface area contributed by atoms with E-state index >= 15 is 0 Å². The van der Waals surface area contributed by atoms with Crippen LogP contribution in [0, 0.1) is 0 Å². The molecule has 0 aliphatic heterocycles. The van der Waals surface area contributed by atoms with E-state index in [9.17, 15) is 0 Å². The molecule has 3 aromatic heterocycles. The van der Waals surface area contributed by atoms with Crippen LogP contribution in [0.2, 0.25) is 0 Å². The first-order valence-electron chi connectivity index (χ1n) is 18.9. The average Bonchev–Trinajstić information content (AvgIpc) is 3.76. The molecular weight excluding hydrogens is 611 g/mol. The summed E-state index contributed by atoms with van der Waals surface area (Å²) in [5, 5.41) is 4.28. The first kappa shape index (κ1) is 23.5. The van der Waals surface area contributed by atoms with Gasteiger partial charge >= 0.3 is 0 Å². The third kappa shape index (κ3) is 4.45. The molecule has 7 aromatic carbocycles. The van der Waals surface area contributed by atoms with Crippen molar-refractivity contribution < 1.29 is 6.85 Å². The lowest BCUT2D eigenvalue weighted by atomic mass is 10.0. The largest absolute Gasteiger partial charge is 0.309 e. The van der Waals surface area contributed by atoms with E-state index in [1.165, 1.54) is 0 Å². The zero-order chi connectivity index (χ0) is 37.4. The molecule has 0 unspecified atom stereocenters. The van der Waals surface area contributed by atoms with Gasteiger partial charge in [-0.2, -0.15) is 9.97 Å². The summed E-state index contributed by atoms with van der Waals surface area (Å²) in [6.45, 7) is 0. The van der Waals surface area contributed by atoms with Crippen LogP contribution in [0.25, 0.3) is 89.2 Å². The molecule has 0 saturated heterocycles. The fourth-order valence-corrected chi connectivity index (χ4v) is 7.09. The van der Waals surface area contributed by atoms with Crippen LogP contribution in [0.4, 0.5) is 0 Å². The fourth-order valence-electron chi connectivity index (χ4n) is 7.09. The zero-order valence-electron chi connectivity index (χ0n) is 31.6. The Bertz CT molecular complexity index is 3130. The van der Waals surface area contributed by atoms with Gasteiger partial charge < -0.3 is 4.57 Å². The van der Waals surface area contributed by atoms with E-state index in [4.69, 9.17) is 21.8 Å². The van der Waals surface area contributed by atoms with Crippen LogP contribution in [0.1, 0.15) is 6.85 Å². The first-order chi connectivity index (χ1) is 26.9. The number of rotatable bonds is 5. The molecule has 0 N–H and O–H groups in total. The predicted molar refractivity (Wildman–Crippen MR) is 205 cm³/mol. The van der Waals surface area contributed by atoms with Gasteiger partial charge in [-0.25, -0.2) is 4.98 Å². The highest BCUT2D eigenvalue weighted by Crippen LogP contribution is 2.41. The van der Waals surface area contributed by atoms with Crippen LogP contribution < -0.4 is 0 Å². The Morgan fingerprint density at radius 1 is 0.420 bits per heavy atom. The number of fused-ring (bicyclic) bond motifs is 7. The summed E-state index contributed by atoms with van der Waals surface area (Å²) in [5.74, 6) is 1.27. The lowest BCUT2D eigenvalue weighted by molar-refractivity contribution is 0.955. The Morgan fingerprint density at radius 3 is 1.82 bits per heavy atom. The van der Waals surface area contributed by atoms with Crippen molar-refractivity contribution in [3.05, 3.63) is 176 Å². The third-order valence-electron chi connectivity index (χ3n) is 9.25. The molecule has 0 radical (unpaired) electrons. The Hall–Kier alpha value is -6.85. The van der Waals surface area contributed by atoms with Crippen LogP contribution in [-0.2, 0) is 0 Å². The Labute approximate surface area is 295 Å². The number of para-hydroxylation sites is 3. The Morgan fingerprint density at radius 2 is 1.04 bits per heavy atom. The molecule has 5 nitrogen and oxygen atoms in total. The molecule has 0 saturated carbocycles. The number of hydrogen-bond donors (Lipinski definition) is 0. The van der Waals surface area contributed by atoms with Gasteiger partial charge in [0.25, 0.3) is 0 Å². The summed E-state index contributed by atoms with van der Waals surface area (Å²) in [7, 11) is 0. The molecule has 0 atom stereocenters. The maximum Gasteiger partial charge on any atom is 0.238 e. The molecule has 0 spiro atoms. The smallest absolute Gasteiger partial charge is 0.238 e. The van der Waals surface area contributed by atoms with Crippen molar-refractivity contribution in [2.45, 2.75) is 0 Å². The van der Waals surface area contributed by atoms with Gasteiger partial charge in [-0.05, 0) is 47.5 Å². The second-order valence-electron chi connectivity index (χ2n) is 12.1. The second kappa shape index (κ2) is 11.4. The van der Waals surface area contributed by atoms with E-state index in [1.54, 1.807) is 18.2 Å². The van der Waals surface area contributed by atoms with E-state index in [1.807, 2.05) is 54.6 Å². The lowest BCUT2D eigenvalue weighted by Gasteiger charge is -2.12. The van der Waals surface area contributed by atoms with Gasteiger partial charge in [0.15, 0.2) is 11.6 Å². The van der Waals surface area contributed by atoms with Crippen molar-refractivity contribution in [1.82, 2.24) is 24.1 Å². The fraction of sp³-hybridized carbons (Fsp3) is 0. The van der Waals surface area contributed by atoms with E-state index in [0.717, 1.165) is 54.9 Å². The van der Waals surface area contributed by atoms with Crippen LogP contribution in [-0.4, -0.2) is 24.1 Å². The molecule has 234 valence electrons. The molecule has 0 aliphatic carbocycles. The molecular formula is C45H29N5. The minimum atomic E-state index is -0.434. The third-order valence-corrected chi connectivity index (χ3v) is 9.25. The molecule has 10 aromatic rings. The summed E-state index contributed by atoms with van der Waals surface area (Å²) in [6.07, 6.45) is 0. The number of hydrogen-bond acceptors (Lipinski definition) is 3. The monoisotopic (exact) mass is 644 g/mol. The minimum absolute atomic E-state index is 0.116. The molecule has 0 bridgehead atoms. The molecule has 3 heterocycles. The summed E-state index contributed by atoms with van der Waals surface area (Å²) in [5.41, 5.74) is 7.09. The number of nitrogens with zero attached hydrogens (tertiary/aromatic N) is 5. The highest BCUT2D eigenvalue weighted by Gasteiger charge is 2.23. The van der Waals surface area contributed by atoms with Gasteiger partial charge in [0.1, 0.15) is 0 Å². The van der Waals surface area contributed by atoms with Gasteiger partial charge in [0.2, 0.25) is 5.95 Å². The van der Waals surface area contributed by atoms with Gasteiger partial charge in [-0.3, -0.25) is 4.57 Å². The van der Waals surface area contributed by atoms with Crippen molar-refractivity contribution in [3.8, 4) is 45.5 Å². The minimum Gasteiger partial charge on any atom is -0.309 e. The van der Waals surface area contributed by atoms with Gasteiger partial charge in [0, 0.05) is 38.4 Å². The van der Waals surface area contributed by atoms with Crippen molar-refractivity contribution in [3.63, 3.8) is 0 Å². The maximum atomic E-state index is 8.64. The Kier molecular flexibility index (Phi) is 5.35. The van der Waals surface area contributed by atoms with Crippen LogP contribution in [0.3, 0.4) is 0 Å². The van der Waals surface area contributed by atoms with E-state index in [2.05, 4.69) is 81.9 Å². The van der Waals surface area contributed by atoms with Crippen molar-refractivity contribution >= 4 is 43.6 Å². The summed E-state index contributed by atoms with van der Waals surface area (Å²) >= 11 is 0. The summed E-state index contributed by atoms with van der Waals surface area (Å²) in [4.78, 5) is 15.3. The topological polar surface area (TPSA) is 48.5 Å². The first-order valence-corrected chi connectivity index (χ1v) is 16.4. The SMILES string of the molecule is [2H]c1c([2H])c([2H])c(-c2cccc(-c3nc(-c4ccccc4)nc(-n4c5ccccc5c5ccc6c(c7ccccc7n6-c6ccccc6)c54)n3)c2)c([2H])c1[2H]. The molecule has 0 fully saturated rings. The van der Waals surface area contributed by atoms with E-state index in [0.29, 0.717) is 28.7 Å². The molecule has 0 amide bonds. The van der Waals surface area contributed by atoms with Crippen molar-refractivity contribution in [1.29, 1.82) is 0 Å². The second-order valence-corrected chi connectivity index (χ2v) is 12.1. The van der Waals surface area contributed by atoms with Crippen LogP contribution in [0.15, 0.2) is 176 Å². The molecule has 5 heteroatoms. The van der Waals surface area contributed by atoms with Crippen LogP contribution >= 0.6 is 0 Å². The molecule has 0 aliphatic rings. The average molecular weight is 645 g/mol. The quantitative estimate of drug-likeness (QED) is 0.187. The normalized spacial score (nSPS) is 13.0. The summed E-state index contributed by atoms with van der Waals surface area (Å²) in [6, 6.07) is 46.6. The van der Waals surface area contributed by atoms with Crippen molar-refractivity contribution in [2.75, 3.05) is 0 Å². The van der Waals surface area contributed by atoms with Crippen LogP contribution in [0.5, 0.6) is 0 Å².